The molecule has 6 heteroatoms. The number of hydrogen-bond donors (Lipinski definition) is 0. The van der Waals surface area contributed by atoms with Crippen molar-refractivity contribution < 1.29 is 35.6 Å². The monoisotopic (exact) mass is 717 g/mol. The summed E-state index contributed by atoms with van der Waals surface area (Å²) in [6, 6.07) is 0. The summed E-state index contributed by atoms with van der Waals surface area (Å²) in [6.45, 7) is 11.6. The zero-order valence-electron chi connectivity index (χ0n) is 33.3. The molecule has 286 valence electrons. The normalized spacial score (nSPS) is 12.3. The average molecular weight is 717 g/mol. The van der Waals surface area contributed by atoms with Crippen molar-refractivity contribution in [3.05, 3.63) is 0 Å². The first-order valence-electron chi connectivity index (χ1n) is 21.4. The molecule has 0 atom stereocenters. The molecule has 0 radical (unpaired) electrons. The van der Waals surface area contributed by atoms with Crippen LogP contribution in [0.15, 0.2) is 0 Å². The molecule has 0 saturated carbocycles. The summed E-state index contributed by atoms with van der Waals surface area (Å²) in [5, 5.41) is 0. The fraction of sp³-hybridized carbons (Fsp3) is 0.952. The molecule has 0 spiro atoms. The summed E-state index contributed by atoms with van der Waals surface area (Å²) >= 11 is -5.60. The Bertz CT molecular complexity index is 755. The molecule has 0 aliphatic rings. The zero-order chi connectivity index (χ0) is 35.8. The van der Waals surface area contributed by atoms with Crippen LogP contribution in [-0.2, 0) is 35.6 Å². The quantitative estimate of drug-likeness (QED) is 0.0477. The minimum absolute atomic E-state index is 0.232. The van der Waals surface area contributed by atoms with Gasteiger partial charge in [0.1, 0.15) is 0 Å². The van der Waals surface area contributed by atoms with E-state index >= 15 is 0 Å². The third kappa shape index (κ3) is 23.8. The number of rotatable bonds is 36. The molecule has 0 N–H and O–H groups in total. The average Bonchev–Trinajstić information content (AvgIpc) is 3.04. The van der Waals surface area contributed by atoms with Gasteiger partial charge in [0.25, 0.3) is 0 Å². The fourth-order valence-electron chi connectivity index (χ4n) is 6.99. The van der Waals surface area contributed by atoms with Gasteiger partial charge < -0.3 is 0 Å². The Kier molecular flexibility index (Phi) is 30.9. The standard InChI is InChI=1S/2C18H36O2.2C3H7.O.Ti/c2*1-2-3-4-5-6-7-8-9-10-11-12-13-14-15-16-17-18(19)20;2*1-3-2;;/h2*2-17H2,1H3,(H,19,20);2*3H,1-2H3;;/q;;;;;+2/p-2. The molecule has 0 bridgehead atoms. The predicted octanol–water partition coefficient (Wildman–Crippen LogP) is 15.1. The summed E-state index contributed by atoms with van der Waals surface area (Å²) in [5.74, 6) is -0.947. The Balaban J connectivity index is 4.16. The predicted molar refractivity (Wildman–Crippen MR) is 202 cm³/mol. The summed E-state index contributed by atoms with van der Waals surface area (Å²) in [7, 11) is 0. The van der Waals surface area contributed by atoms with Crippen molar-refractivity contribution in [1.82, 2.24) is 0 Å². The Hall–Kier alpha value is -0.546. The van der Waals surface area contributed by atoms with E-state index in [1.807, 2.05) is 0 Å². The molecule has 0 aliphatic heterocycles. The number of unbranched alkanes of at least 4 members (excludes halogenated alkanes) is 28. The number of carbonyl (C=O) groups is 2. The van der Waals surface area contributed by atoms with E-state index in [1.54, 1.807) is 27.7 Å². The summed E-state index contributed by atoms with van der Waals surface area (Å²) < 4.78 is 25.1. The van der Waals surface area contributed by atoms with Gasteiger partial charge in [0.05, 0.1) is 0 Å². The molecular formula is C42H84O5Ti. The Labute approximate surface area is 301 Å². The first-order chi connectivity index (χ1) is 23.1. The Morgan fingerprint density at radius 2 is 0.562 bits per heavy atom. The van der Waals surface area contributed by atoms with Gasteiger partial charge in [0.15, 0.2) is 0 Å². The van der Waals surface area contributed by atoms with Crippen LogP contribution in [0, 0.1) is 0 Å². The molecule has 0 unspecified atom stereocenters. The summed E-state index contributed by atoms with van der Waals surface area (Å²) in [6.07, 6.45) is 38.3. The third-order valence-corrected chi connectivity index (χ3v) is 19.1. The SMILES string of the molecule is CCCCCCCCCCCCCCCCCC(=O)[O][Ti](=[O])([O]C(=O)CCCCCCCCCCCCCCCCC)([CH](C)C)[CH](C)C. The van der Waals surface area contributed by atoms with Crippen molar-refractivity contribution in [2.75, 3.05) is 0 Å². The van der Waals surface area contributed by atoms with Gasteiger partial charge in [-0.3, -0.25) is 0 Å². The van der Waals surface area contributed by atoms with Crippen LogP contribution in [0.1, 0.15) is 247 Å². The van der Waals surface area contributed by atoms with E-state index in [4.69, 9.17) is 6.64 Å². The van der Waals surface area contributed by atoms with E-state index in [2.05, 4.69) is 13.8 Å². The second-order valence-corrected chi connectivity index (χ2v) is 23.5. The van der Waals surface area contributed by atoms with Crippen LogP contribution >= 0.6 is 0 Å². The van der Waals surface area contributed by atoms with Crippen LogP contribution < -0.4 is 0 Å². The van der Waals surface area contributed by atoms with E-state index in [1.165, 1.54) is 154 Å². The van der Waals surface area contributed by atoms with Crippen molar-refractivity contribution in [2.24, 2.45) is 0 Å². The van der Waals surface area contributed by atoms with Crippen LogP contribution in [0.25, 0.3) is 0 Å². The van der Waals surface area contributed by atoms with Gasteiger partial charge in [-0.2, -0.15) is 0 Å². The fourth-order valence-corrected chi connectivity index (χ4v) is 12.3. The molecular weight excluding hydrogens is 632 g/mol. The van der Waals surface area contributed by atoms with Crippen LogP contribution in [-0.4, -0.2) is 11.9 Å². The molecule has 5 nitrogen and oxygen atoms in total. The van der Waals surface area contributed by atoms with Crippen LogP contribution in [0.4, 0.5) is 0 Å². The maximum absolute atomic E-state index is 14.5. The van der Waals surface area contributed by atoms with Gasteiger partial charge in [-0.1, -0.05) is 90.9 Å². The topological polar surface area (TPSA) is 69.7 Å². The van der Waals surface area contributed by atoms with Crippen molar-refractivity contribution in [3.8, 4) is 0 Å². The molecule has 0 fully saturated rings. The van der Waals surface area contributed by atoms with E-state index in [0.29, 0.717) is 0 Å². The van der Waals surface area contributed by atoms with Crippen LogP contribution in [0.2, 0.25) is 8.45 Å². The molecule has 48 heavy (non-hydrogen) atoms. The van der Waals surface area contributed by atoms with Gasteiger partial charge in [-0.05, 0) is 0 Å². The van der Waals surface area contributed by atoms with Crippen molar-refractivity contribution in [1.29, 1.82) is 0 Å². The molecule has 0 heterocycles. The zero-order valence-corrected chi connectivity index (χ0v) is 34.9. The second kappa shape index (κ2) is 31.2. The first-order valence-corrected chi connectivity index (χ1v) is 25.2. The van der Waals surface area contributed by atoms with E-state index in [-0.39, 0.29) is 12.8 Å². The Morgan fingerprint density at radius 3 is 0.750 bits per heavy atom. The second-order valence-electron chi connectivity index (χ2n) is 15.8. The van der Waals surface area contributed by atoms with E-state index in [9.17, 15) is 12.9 Å². The van der Waals surface area contributed by atoms with Crippen molar-refractivity contribution >= 4 is 11.9 Å². The van der Waals surface area contributed by atoms with Crippen molar-refractivity contribution in [3.63, 3.8) is 0 Å². The van der Waals surface area contributed by atoms with Gasteiger partial charge >= 0.3 is 212 Å². The number of carbonyl (C=O) groups excluding carboxylic acids is 2. The van der Waals surface area contributed by atoms with Crippen LogP contribution in [0.5, 0.6) is 0 Å². The van der Waals surface area contributed by atoms with E-state index in [0.717, 1.165) is 38.5 Å². The van der Waals surface area contributed by atoms with Gasteiger partial charge in [0.2, 0.25) is 0 Å². The van der Waals surface area contributed by atoms with Crippen molar-refractivity contribution in [2.45, 2.75) is 255 Å². The van der Waals surface area contributed by atoms with Crippen LogP contribution in [0.3, 0.4) is 0 Å². The molecule has 0 aliphatic carbocycles. The molecule has 0 aromatic rings. The van der Waals surface area contributed by atoms with Gasteiger partial charge in [-0.25, -0.2) is 0 Å². The van der Waals surface area contributed by atoms with E-state index < -0.39 is 36.4 Å². The minimum atomic E-state index is -5.60. The number of hydrogen-bond acceptors (Lipinski definition) is 5. The summed E-state index contributed by atoms with van der Waals surface area (Å²) in [5.41, 5.74) is 0. The molecule has 0 aromatic carbocycles. The maximum atomic E-state index is 14.5. The van der Waals surface area contributed by atoms with Gasteiger partial charge in [0, 0.05) is 0 Å². The molecule has 0 saturated heterocycles. The first kappa shape index (κ1) is 47.5. The summed E-state index contributed by atoms with van der Waals surface area (Å²) in [4.78, 5) is 25.9. The Morgan fingerprint density at radius 1 is 0.375 bits per heavy atom. The van der Waals surface area contributed by atoms with Gasteiger partial charge in [-0.15, -0.1) is 0 Å². The third-order valence-electron chi connectivity index (χ3n) is 10.7. The molecule has 0 amide bonds. The molecule has 0 aromatic heterocycles. The molecule has 0 rings (SSSR count).